The van der Waals surface area contributed by atoms with E-state index in [1.165, 1.54) is 50.0 Å². The zero-order valence-electron chi connectivity index (χ0n) is 17.3. The monoisotopic (exact) mass is 385 g/mol. The van der Waals surface area contributed by atoms with Crippen LogP contribution in [0.4, 0.5) is 0 Å². The molecule has 0 N–H and O–H groups in total. The van der Waals surface area contributed by atoms with Crippen LogP contribution in [0.3, 0.4) is 0 Å². The van der Waals surface area contributed by atoms with Gasteiger partial charge in [0.15, 0.2) is 0 Å². The Morgan fingerprint density at radius 2 is 1.30 bits per heavy atom. The molecule has 0 atom stereocenters. The highest BCUT2D eigenvalue weighted by Crippen LogP contribution is 2.51. The first-order chi connectivity index (χ1) is 14.6. The SMILES string of the molecule is CC1(C)c2ccccc2-c2c1ccc1ccn(-c3ccc(-c4ccccc4)cc3)c21. The fourth-order valence-corrected chi connectivity index (χ4v) is 5.08. The van der Waals surface area contributed by atoms with E-state index in [9.17, 15) is 0 Å². The lowest BCUT2D eigenvalue weighted by Gasteiger charge is -2.21. The Kier molecular flexibility index (Phi) is 3.58. The van der Waals surface area contributed by atoms with Gasteiger partial charge in [-0.1, -0.05) is 92.7 Å². The van der Waals surface area contributed by atoms with Crippen LogP contribution in [0.1, 0.15) is 25.0 Å². The summed E-state index contributed by atoms with van der Waals surface area (Å²) in [7, 11) is 0. The molecule has 0 amide bonds. The quantitative estimate of drug-likeness (QED) is 0.295. The lowest BCUT2D eigenvalue weighted by Crippen LogP contribution is -2.14. The van der Waals surface area contributed by atoms with Gasteiger partial charge in [0.2, 0.25) is 0 Å². The Bertz CT molecular complexity index is 1390. The molecule has 0 bridgehead atoms. The molecule has 0 aliphatic heterocycles. The molecular weight excluding hydrogens is 362 g/mol. The van der Waals surface area contributed by atoms with E-state index in [0.29, 0.717) is 0 Å². The third-order valence-electron chi connectivity index (χ3n) is 6.65. The molecule has 1 heterocycles. The van der Waals surface area contributed by atoms with Crippen molar-refractivity contribution < 1.29 is 0 Å². The molecule has 1 aliphatic carbocycles. The van der Waals surface area contributed by atoms with E-state index >= 15 is 0 Å². The Morgan fingerprint density at radius 3 is 2.10 bits per heavy atom. The van der Waals surface area contributed by atoms with Gasteiger partial charge in [-0.2, -0.15) is 0 Å². The second-order valence-corrected chi connectivity index (χ2v) is 8.70. The Morgan fingerprint density at radius 1 is 0.600 bits per heavy atom. The number of hydrogen-bond donors (Lipinski definition) is 0. The van der Waals surface area contributed by atoms with Crippen molar-refractivity contribution in [2.24, 2.45) is 0 Å². The smallest absolute Gasteiger partial charge is 0.0610 e. The summed E-state index contributed by atoms with van der Waals surface area (Å²) in [6.45, 7) is 4.68. The van der Waals surface area contributed by atoms with Crippen LogP contribution in [-0.2, 0) is 5.41 Å². The second kappa shape index (κ2) is 6.21. The van der Waals surface area contributed by atoms with Crippen LogP contribution in [0.5, 0.6) is 0 Å². The third-order valence-corrected chi connectivity index (χ3v) is 6.65. The van der Waals surface area contributed by atoms with Gasteiger partial charge in [-0.3, -0.25) is 0 Å². The van der Waals surface area contributed by atoms with Crippen molar-refractivity contribution in [3.8, 4) is 27.9 Å². The van der Waals surface area contributed by atoms with Gasteiger partial charge < -0.3 is 4.57 Å². The topological polar surface area (TPSA) is 4.93 Å². The molecular formula is C29H23N. The minimum atomic E-state index is 0.0202. The maximum absolute atomic E-state index is 2.35. The number of rotatable bonds is 2. The van der Waals surface area contributed by atoms with Crippen molar-refractivity contribution >= 4 is 10.9 Å². The van der Waals surface area contributed by atoms with Crippen LogP contribution in [0.2, 0.25) is 0 Å². The molecule has 1 aliphatic rings. The Balaban J connectivity index is 1.56. The molecule has 0 saturated carbocycles. The standard InChI is InChI=1S/C29H23N/c1-29(2)25-11-7-6-10-24(25)27-26(29)17-14-22-18-19-30(28(22)27)23-15-12-21(13-16-23)20-8-4-3-5-9-20/h3-19H,1-2H3. The highest BCUT2D eigenvalue weighted by Gasteiger charge is 2.36. The van der Waals surface area contributed by atoms with Crippen molar-refractivity contribution in [3.63, 3.8) is 0 Å². The molecule has 1 aromatic heterocycles. The molecule has 0 saturated heterocycles. The molecule has 0 spiro atoms. The van der Waals surface area contributed by atoms with Crippen LogP contribution in [0.25, 0.3) is 38.8 Å². The molecule has 4 aromatic carbocycles. The largest absolute Gasteiger partial charge is 0.316 e. The third kappa shape index (κ3) is 2.35. The van der Waals surface area contributed by atoms with Crippen LogP contribution >= 0.6 is 0 Å². The van der Waals surface area contributed by atoms with Gasteiger partial charge >= 0.3 is 0 Å². The average molecular weight is 386 g/mol. The van der Waals surface area contributed by atoms with E-state index < -0.39 is 0 Å². The van der Waals surface area contributed by atoms with E-state index in [2.05, 4.69) is 122 Å². The summed E-state index contributed by atoms with van der Waals surface area (Å²) in [5.41, 5.74) is 10.6. The molecule has 0 unspecified atom stereocenters. The summed E-state index contributed by atoms with van der Waals surface area (Å²) >= 11 is 0. The maximum atomic E-state index is 2.35. The summed E-state index contributed by atoms with van der Waals surface area (Å²) in [6.07, 6.45) is 2.20. The summed E-state index contributed by atoms with van der Waals surface area (Å²) in [6, 6.07) is 35.1. The van der Waals surface area contributed by atoms with Crippen LogP contribution in [0, 0.1) is 0 Å². The molecule has 1 heteroatoms. The normalized spacial score (nSPS) is 13.9. The van der Waals surface area contributed by atoms with E-state index in [1.54, 1.807) is 0 Å². The predicted octanol–water partition coefficient (Wildman–Crippen LogP) is 7.60. The van der Waals surface area contributed by atoms with Gasteiger partial charge in [-0.15, -0.1) is 0 Å². The second-order valence-electron chi connectivity index (χ2n) is 8.70. The summed E-state index contributed by atoms with van der Waals surface area (Å²) in [5.74, 6) is 0. The van der Waals surface area contributed by atoms with Crippen molar-refractivity contribution in [1.29, 1.82) is 0 Å². The van der Waals surface area contributed by atoms with Crippen molar-refractivity contribution in [3.05, 3.63) is 114 Å². The van der Waals surface area contributed by atoms with Gasteiger partial charge in [-0.25, -0.2) is 0 Å². The van der Waals surface area contributed by atoms with Crippen LogP contribution in [-0.4, -0.2) is 4.57 Å². The fourth-order valence-electron chi connectivity index (χ4n) is 5.08. The number of fused-ring (bicyclic) bond motifs is 5. The highest BCUT2D eigenvalue weighted by atomic mass is 15.0. The van der Waals surface area contributed by atoms with Crippen molar-refractivity contribution in [1.82, 2.24) is 4.57 Å². The predicted molar refractivity (Wildman–Crippen MR) is 126 cm³/mol. The van der Waals surface area contributed by atoms with Gasteiger partial charge in [0.25, 0.3) is 0 Å². The summed E-state index contributed by atoms with van der Waals surface area (Å²) in [5, 5.41) is 1.29. The first-order valence-electron chi connectivity index (χ1n) is 10.5. The van der Waals surface area contributed by atoms with Gasteiger partial charge in [0, 0.05) is 28.2 Å². The maximum Gasteiger partial charge on any atom is 0.0610 e. The van der Waals surface area contributed by atoms with Gasteiger partial charge in [-0.05, 0) is 46.0 Å². The van der Waals surface area contributed by atoms with E-state index in [-0.39, 0.29) is 5.41 Å². The molecule has 1 nitrogen and oxygen atoms in total. The zero-order valence-corrected chi connectivity index (χ0v) is 17.3. The van der Waals surface area contributed by atoms with Crippen LogP contribution < -0.4 is 0 Å². The highest BCUT2D eigenvalue weighted by molar-refractivity contribution is 6.01. The van der Waals surface area contributed by atoms with Crippen molar-refractivity contribution in [2.45, 2.75) is 19.3 Å². The lowest BCUT2D eigenvalue weighted by molar-refractivity contribution is 0.661. The van der Waals surface area contributed by atoms with E-state index in [1.807, 2.05) is 0 Å². The lowest BCUT2D eigenvalue weighted by atomic mass is 9.82. The van der Waals surface area contributed by atoms with Gasteiger partial charge in [0.1, 0.15) is 0 Å². The van der Waals surface area contributed by atoms with E-state index in [4.69, 9.17) is 0 Å². The fraction of sp³-hybridized carbons (Fsp3) is 0.103. The zero-order chi connectivity index (χ0) is 20.3. The minimum Gasteiger partial charge on any atom is -0.316 e. The molecule has 0 fully saturated rings. The number of hydrogen-bond acceptors (Lipinski definition) is 0. The Hall–Kier alpha value is -3.58. The van der Waals surface area contributed by atoms with Crippen LogP contribution in [0.15, 0.2) is 103 Å². The first-order valence-corrected chi connectivity index (χ1v) is 10.5. The molecule has 0 radical (unpaired) electrons. The number of benzene rings is 4. The summed E-state index contributed by atoms with van der Waals surface area (Å²) < 4.78 is 2.35. The Labute approximate surface area is 177 Å². The van der Waals surface area contributed by atoms with E-state index in [0.717, 1.165) is 0 Å². The number of nitrogens with zero attached hydrogens (tertiary/aromatic N) is 1. The average Bonchev–Trinajstić information content (AvgIpc) is 3.32. The first kappa shape index (κ1) is 17.3. The molecule has 5 aromatic rings. The van der Waals surface area contributed by atoms with Crippen molar-refractivity contribution in [2.75, 3.05) is 0 Å². The summed E-state index contributed by atoms with van der Waals surface area (Å²) in [4.78, 5) is 0. The number of aromatic nitrogens is 1. The molecule has 30 heavy (non-hydrogen) atoms. The molecule has 6 rings (SSSR count). The van der Waals surface area contributed by atoms with Gasteiger partial charge in [0.05, 0.1) is 5.52 Å². The molecule has 144 valence electrons. The minimum absolute atomic E-state index is 0.0202.